The fourth-order valence-corrected chi connectivity index (χ4v) is 0.145. The Balaban J connectivity index is 3.14. The van der Waals surface area contributed by atoms with Gasteiger partial charge >= 0.3 is 0 Å². The van der Waals surface area contributed by atoms with E-state index in [-0.39, 0.29) is 5.12 Å². The zero-order chi connectivity index (χ0) is 5.86. The van der Waals surface area contributed by atoms with E-state index < -0.39 is 6.41 Å². The van der Waals surface area contributed by atoms with Crippen molar-refractivity contribution in [3.05, 3.63) is 0 Å². The largest absolute Gasteiger partial charge is 0.354 e. The van der Waals surface area contributed by atoms with Gasteiger partial charge in [-0.25, -0.2) is 0 Å². The Kier molecular flexibility index (Phi) is 2.82. The van der Waals surface area contributed by atoms with Crippen molar-refractivity contribution in [3.8, 4) is 0 Å². The second-order valence-electron chi connectivity index (χ2n) is 1.09. The van der Waals surface area contributed by atoms with E-state index in [9.17, 15) is 4.48 Å². The van der Waals surface area contributed by atoms with Crippen LogP contribution in [-0.4, -0.2) is 30.8 Å². The lowest BCUT2D eigenvalue weighted by atomic mass is 11.0. The van der Waals surface area contributed by atoms with Crippen LogP contribution in [0.25, 0.3) is 0 Å². The van der Waals surface area contributed by atoms with Crippen LogP contribution in [0.4, 0.5) is 4.48 Å². The molecule has 0 bridgehead atoms. The van der Waals surface area contributed by atoms with Gasteiger partial charge in [-0.2, -0.15) is 0 Å². The third-order valence-corrected chi connectivity index (χ3v) is 0.515. The number of ether oxygens (including phenoxy) is 1. The Labute approximate surface area is 41.2 Å². The van der Waals surface area contributed by atoms with Gasteiger partial charge in [0.25, 0.3) is 0 Å². The number of aliphatic hydroxyl groups excluding tert-OH is 1. The molecule has 0 spiro atoms. The van der Waals surface area contributed by atoms with E-state index in [4.69, 9.17) is 5.11 Å². The first-order chi connectivity index (χ1) is 3.18. The Morgan fingerprint density at radius 2 is 2.29 bits per heavy atom. The SMILES string of the molecule is COC(O)N(C)F. The fourth-order valence-electron chi connectivity index (χ4n) is 0.145. The maximum absolute atomic E-state index is 11.6. The Bertz CT molecular complexity index is 50.2. The van der Waals surface area contributed by atoms with E-state index in [1.807, 2.05) is 0 Å². The minimum Gasteiger partial charge on any atom is -0.354 e. The maximum Gasteiger partial charge on any atom is 0.242 e. The summed E-state index contributed by atoms with van der Waals surface area (Å²) in [5.74, 6) is 0. The van der Waals surface area contributed by atoms with E-state index in [0.717, 1.165) is 7.05 Å². The smallest absolute Gasteiger partial charge is 0.242 e. The summed E-state index contributed by atoms with van der Waals surface area (Å²) >= 11 is 0. The van der Waals surface area contributed by atoms with E-state index in [2.05, 4.69) is 4.74 Å². The summed E-state index contributed by atoms with van der Waals surface area (Å²) in [5.41, 5.74) is 0. The van der Waals surface area contributed by atoms with Crippen molar-refractivity contribution in [1.82, 2.24) is 5.12 Å². The van der Waals surface area contributed by atoms with Crippen LogP contribution < -0.4 is 0 Å². The first-order valence-corrected chi connectivity index (χ1v) is 1.78. The molecule has 0 amide bonds. The summed E-state index contributed by atoms with van der Waals surface area (Å²) in [5, 5.41) is 8.32. The lowest BCUT2D eigenvalue weighted by Crippen LogP contribution is -2.25. The zero-order valence-electron chi connectivity index (χ0n) is 4.26. The highest BCUT2D eigenvalue weighted by Gasteiger charge is 2.04. The van der Waals surface area contributed by atoms with Gasteiger partial charge in [0, 0.05) is 14.2 Å². The van der Waals surface area contributed by atoms with Crippen LogP contribution in [0.1, 0.15) is 0 Å². The quantitative estimate of drug-likeness (QED) is 0.391. The van der Waals surface area contributed by atoms with E-state index >= 15 is 0 Å². The predicted octanol–water partition coefficient (Wildman–Crippen LogP) is -0.275. The van der Waals surface area contributed by atoms with Crippen molar-refractivity contribution in [2.75, 3.05) is 14.2 Å². The van der Waals surface area contributed by atoms with Crippen LogP contribution >= 0.6 is 0 Å². The minimum atomic E-state index is -1.43. The maximum atomic E-state index is 11.6. The third kappa shape index (κ3) is 2.50. The summed E-state index contributed by atoms with van der Waals surface area (Å²) in [4.78, 5) is 0. The molecule has 0 aromatic heterocycles. The van der Waals surface area contributed by atoms with E-state index in [1.165, 1.54) is 7.11 Å². The normalized spacial score (nSPS) is 15.0. The number of halogens is 1. The van der Waals surface area contributed by atoms with Crippen molar-refractivity contribution in [1.29, 1.82) is 0 Å². The van der Waals surface area contributed by atoms with E-state index in [1.54, 1.807) is 0 Å². The molecule has 0 saturated carbocycles. The van der Waals surface area contributed by atoms with Crippen LogP contribution in [-0.2, 0) is 4.74 Å². The molecule has 7 heavy (non-hydrogen) atoms. The van der Waals surface area contributed by atoms with Crippen LogP contribution in [0, 0.1) is 0 Å². The standard InChI is InChI=1S/C3H8FNO2/c1-5(4)3(6)7-2/h3,6H,1-2H3. The number of rotatable bonds is 2. The summed E-state index contributed by atoms with van der Waals surface area (Å²) in [6, 6.07) is 0. The van der Waals surface area contributed by atoms with Gasteiger partial charge < -0.3 is 9.84 Å². The monoisotopic (exact) mass is 109 g/mol. The number of nitrogens with zero attached hydrogens (tertiary/aromatic N) is 1. The molecule has 0 aliphatic rings. The number of hydrogen-bond donors (Lipinski definition) is 1. The molecule has 1 unspecified atom stereocenters. The molecular weight excluding hydrogens is 101 g/mol. The molecule has 0 rings (SSSR count). The van der Waals surface area contributed by atoms with Crippen LogP contribution in [0.5, 0.6) is 0 Å². The van der Waals surface area contributed by atoms with Gasteiger partial charge in [-0.3, -0.25) is 0 Å². The van der Waals surface area contributed by atoms with Crippen molar-refractivity contribution in [3.63, 3.8) is 0 Å². The molecule has 0 radical (unpaired) electrons. The first-order valence-electron chi connectivity index (χ1n) is 1.78. The average Bonchev–Trinajstić information content (AvgIpc) is 1.65. The van der Waals surface area contributed by atoms with Crippen LogP contribution in [0.3, 0.4) is 0 Å². The van der Waals surface area contributed by atoms with Crippen molar-refractivity contribution >= 4 is 0 Å². The highest BCUT2D eigenvalue weighted by atomic mass is 19.2. The van der Waals surface area contributed by atoms with Crippen molar-refractivity contribution in [2.45, 2.75) is 6.41 Å². The summed E-state index contributed by atoms with van der Waals surface area (Å²) in [6.45, 7) is 0. The number of hydrogen-bond acceptors (Lipinski definition) is 3. The lowest BCUT2D eigenvalue weighted by molar-refractivity contribution is -0.234. The third-order valence-electron chi connectivity index (χ3n) is 0.515. The molecule has 1 N–H and O–H groups in total. The van der Waals surface area contributed by atoms with Crippen molar-refractivity contribution < 1.29 is 14.3 Å². The summed E-state index contributed by atoms with van der Waals surface area (Å²) in [7, 11) is 2.27. The first kappa shape index (κ1) is 6.81. The number of aliphatic hydroxyl groups is 1. The van der Waals surface area contributed by atoms with Gasteiger partial charge in [-0.15, -0.1) is 4.48 Å². The summed E-state index contributed by atoms with van der Waals surface area (Å²) in [6.07, 6.45) is -1.43. The molecule has 0 aliphatic heterocycles. The second kappa shape index (κ2) is 2.90. The molecule has 0 aromatic carbocycles. The zero-order valence-corrected chi connectivity index (χ0v) is 4.26. The Hall–Kier alpha value is -0.190. The summed E-state index contributed by atoms with van der Waals surface area (Å²) < 4.78 is 15.7. The average molecular weight is 109 g/mol. The predicted molar refractivity (Wildman–Crippen MR) is 21.9 cm³/mol. The van der Waals surface area contributed by atoms with Gasteiger partial charge in [0.15, 0.2) is 0 Å². The molecule has 0 aliphatic carbocycles. The lowest BCUT2D eigenvalue weighted by Gasteiger charge is -2.09. The highest BCUT2D eigenvalue weighted by Crippen LogP contribution is 1.89. The molecule has 1 atom stereocenters. The molecule has 0 heterocycles. The molecule has 0 saturated heterocycles. The van der Waals surface area contributed by atoms with Gasteiger partial charge in [-0.05, 0) is 0 Å². The molecule has 0 aromatic rings. The molecule has 0 fully saturated rings. The van der Waals surface area contributed by atoms with E-state index in [0.29, 0.717) is 0 Å². The second-order valence-corrected chi connectivity index (χ2v) is 1.09. The Morgan fingerprint density at radius 1 is 1.86 bits per heavy atom. The Morgan fingerprint density at radius 3 is 2.29 bits per heavy atom. The molecule has 44 valence electrons. The van der Waals surface area contributed by atoms with Crippen LogP contribution in [0.15, 0.2) is 0 Å². The van der Waals surface area contributed by atoms with Crippen molar-refractivity contribution in [2.24, 2.45) is 0 Å². The molecule has 4 heteroatoms. The highest BCUT2D eigenvalue weighted by molar-refractivity contribution is 4.19. The van der Waals surface area contributed by atoms with Gasteiger partial charge in [0.2, 0.25) is 6.41 Å². The minimum absolute atomic E-state index is 0.0556. The van der Waals surface area contributed by atoms with Gasteiger partial charge in [-0.1, -0.05) is 5.12 Å². The van der Waals surface area contributed by atoms with Gasteiger partial charge in [0.05, 0.1) is 0 Å². The molecular formula is C3H8FNO2. The van der Waals surface area contributed by atoms with Crippen LogP contribution in [0.2, 0.25) is 0 Å². The number of methoxy groups -OCH3 is 1. The fraction of sp³-hybridized carbons (Fsp3) is 1.00. The van der Waals surface area contributed by atoms with Gasteiger partial charge in [0.1, 0.15) is 0 Å². The molecule has 3 nitrogen and oxygen atoms in total. The topological polar surface area (TPSA) is 32.7 Å².